The lowest BCUT2D eigenvalue weighted by molar-refractivity contribution is -0.143. The van der Waals surface area contributed by atoms with Crippen molar-refractivity contribution >= 4 is 18.0 Å². The average molecular weight is 436 g/mol. The Bertz CT molecular complexity index is 1030. The Hall–Kier alpha value is -3.83. The number of nitrogens with one attached hydrogen (secondary N) is 2. The minimum atomic E-state index is -1.48. The van der Waals surface area contributed by atoms with E-state index in [1.54, 1.807) is 6.92 Å². The van der Waals surface area contributed by atoms with Gasteiger partial charge in [-0.05, 0) is 29.2 Å². The van der Waals surface area contributed by atoms with Gasteiger partial charge >= 0.3 is 12.1 Å². The molecule has 0 radical (unpaired) electrons. The SMILES string of the molecule is CC#CCC(NC(=O)OCC1c2ccccc2-c2ccccc21)C(=O)N[C@@H](CO)C(=O)O. The highest BCUT2D eigenvalue weighted by molar-refractivity contribution is 5.89. The molecular formula is C24H24N2O6. The van der Waals surface area contributed by atoms with E-state index in [1.165, 1.54) is 0 Å². The molecule has 0 heterocycles. The van der Waals surface area contributed by atoms with Crippen molar-refractivity contribution in [3.8, 4) is 23.0 Å². The molecule has 0 fully saturated rings. The number of aliphatic hydroxyl groups is 1. The molecule has 2 atom stereocenters. The molecule has 2 amide bonds. The van der Waals surface area contributed by atoms with Gasteiger partial charge in [-0.1, -0.05) is 48.5 Å². The average Bonchev–Trinajstić information content (AvgIpc) is 3.12. The Morgan fingerprint density at radius 2 is 1.59 bits per heavy atom. The van der Waals surface area contributed by atoms with Gasteiger partial charge in [0.15, 0.2) is 0 Å². The smallest absolute Gasteiger partial charge is 0.407 e. The molecule has 0 aliphatic heterocycles. The Morgan fingerprint density at radius 3 is 2.12 bits per heavy atom. The Balaban J connectivity index is 1.67. The number of hydrogen-bond acceptors (Lipinski definition) is 5. The summed E-state index contributed by atoms with van der Waals surface area (Å²) in [7, 11) is 0. The predicted octanol–water partition coefficient (Wildman–Crippen LogP) is 1.87. The van der Waals surface area contributed by atoms with Crippen molar-refractivity contribution in [3.63, 3.8) is 0 Å². The summed E-state index contributed by atoms with van der Waals surface area (Å²) < 4.78 is 5.44. The normalized spacial score (nSPS) is 13.6. The molecule has 8 heteroatoms. The molecule has 1 aliphatic carbocycles. The van der Waals surface area contributed by atoms with Gasteiger partial charge in [-0.2, -0.15) is 0 Å². The van der Waals surface area contributed by atoms with Crippen LogP contribution in [0.4, 0.5) is 4.79 Å². The van der Waals surface area contributed by atoms with Crippen molar-refractivity contribution in [1.29, 1.82) is 0 Å². The van der Waals surface area contributed by atoms with Crippen LogP contribution in [-0.4, -0.2) is 53.5 Å². The van der Waals surface area contributed by atoms with Crippen LogP contribution in [-0.2, 0) is 14.3 Å². The highest BCUT2D eigenvalue weighted by atomic mass is 16.5. The maximum atomic E-state index is 12.5. The van der Waals surface area contributed by atoms with Crippen LogP contribution in [0.15, 0.2) is 48.5 Å². The van der Waals surface area contributed by atoms with E-state index in [0.29, 0.717) is 0 Å². The van der Waals surface area contributed by atoms with Crippen LogP contribution in [0.25, 0.3) is 11.1 Å². The van der Waals surface area contributed by atoms with Crippen LogP contribution in [0.2, 0.25) is 0 Å². The zero-order chi connectivity index (χ0) is 23.1. The van der Waals surface area contributed by atoms with Gasteiger partial charge in [0, 0.05) is 12.3 Å². The number of benzene rings is 2. The number of carboxylic acids is 1. The van der Waals surface area contributed by atoms with Crippen LogP contribution in [0, 0.1) is 11.8 Å². The molecule has 0 saturated carbocycles. The van der Waals surface area contributed by atoms with Crippen LogP contribution in [0.1, 0.15) is 30.4 Å². The van der Waals surface area contributed by atoms with Crippen molar-refractivity contribution in [2.45, 2.75) is 31.3 Å². The maximum absolute atomic E-state index is 12.5. The molecular weight excluding hydrogens is 412 g/mol. The second-order valence-electron chi connectivity index (χ2n) is 7.24. The first-order valence-corrected chi connectivity index (χ1v) is 10.1. The minimum absolute atomic E-state index is 0.0374. The summed E-state index contributed by atoms with van der Waals surface area (Å²) in [4.78, 5) is 35.9. The number of carboxylic acid groups (broad SMARTS) is 1. The second kappa shape index (κ2) is 10.5. The van der Waals surface area contributed by atoms with Crippen molar-refractivity contribution in [2.24, 2.45) is 0 Å². The number of carbonyl (C=O) groups excluding carboxylic acids is 2. The zero-order valence-electron chi connectivity index (χ0n) is 17.5. The number of carbonyl (C=O) groups is 3. The van der Waals surface area contributed by atoms with Crippen molar-refractivity contribution in [2.75, 3.05) is 13.2 Å². The van der Waals surface area contributed by atoms with Crippen LogP contribution in [0.5, 0.6) is 0 Å². The minimum Gasteiger partial charge on any atom is -0.480 e. The van der Waals surface area contributed by atoms with E-state index >= 15 is 0 Å². The number of fused-ring (bicyclic) bond motifs is 3. The lowest BCUT2D eigenvalue weighted by Crippen LogP contribution is -2.52. The molecule has 2 aromatic carbocycles. The number of amides is 2. The molecule has 0 bridgehead atoms. The van der Waals surface area contributed by atoms with E-state index < -0.39 is 36.7 Å². The molecule has 1 aliphatic rings. The number of alkyl carbamates (subject to hydrolysis) is 1. The number of aliphatic hydroxyl groups excluding tert-OH is 1. The topological polar surface area (TPSA) is 125 Å². The third-order valence-electron chi connectivity index (χ3n) is 5.23. The standard InChI is InChI=1S/C24H24N2O6/c1-2-3-12-20(22(28)25-21(13-27)23(29)30)26-24(31)32-14-19-17-10-6-4-8-15(17)16-9-5-7-11-18(16)19/h4-11,19-21,27H,12-14H2,1H3,(H,25,28)(H,26,31)(H,29,30)/t20?,21-/m0/s1. The van der Waals surface area contributed by atoms with Gasteiger partial charge in [-0.3, -0.25) is 4.79 Å². The van der Waals surface area contributed by atoms with E-state index in [1.807, 2.05) is 48.5 Å². The van der Waals surface area contributed by atoms with E-state index in [0.717, 1.165) is 22.3 Å². The molecule has 0 spiro atoms. The summed E-state index contributed by atoms with van der Waals surface area (Å²) in [6.07, 6.45) is -0.856. The van der Waals surface area contributed by atoms with E-state index in [-0.39, 0.29) is 18.9 Å². The zero-order valence-corrected chi connectivity index (χ0v) is 17.5. The molecule has 1 unspecified atom stereocenters. The van der Waals surface area contributed by atoms with Gasteiger partial charge < -0.3 is 25.6 Å². The summed E-state index contributed by atoms with van der Waals surface area (Å²) in [5, 5.41) is 22.7. The van der Waals surface area contributed by atoms with Gasteiger partial charge in [0.2, 0.25) is 5.91 Å². The molecule has 2 aromatic rings. The molecule has 4 N–H and O–H groups in total. The Morgan fingerprint density at radius 1 is 1.00 bits per heavy atom. The lowest BCUT2D eigenvalue weighted by atomic mass is 9.98. The van der Waals surface area contributed by atoms with Gasteiger partial charge in [-0.15, -0.1) is 11.8 Å². The fourth-order valence-electron chi connectivity index (χ4n) is 3.65. The summed E-state index contributed by atoms with van der Waals surface area (Å²) in [5.41, 5.74) is 4.30. The first-order valence-electron chi connectivity index (χ1n) is 10.1. The maximum Gasteiger partial charge on any atom is 0.407 e. The monoisotopic (exact) mass is 436 g/mol. The molecule has 0 saturated heterocycles. The van der Waals surface area contributed by atoms with Crippen molar-refractivity contribution in [1.82, 2.24) is 10.6 Å². The fraction of sp³-hybridized carbons (Fsp3) is 0.292. The number of aliphatic carboxylic acids is 1. The van der Waals surface area contributed by atoms with Gasteiger partial charge in [-0.25, -0.2) is 9.59 Å². The second-order valence-corrected chi connectivity index (χ2v) is 7.24. The summed E-state index contributed by atoms with van der Waals surface area (Å²) in [6, 6.07) is 13.2. The van der Waals surface area contributed by atoms with Crippen molar-refractivity contribution < 1.29 is 29.3 Å². The molecule has 3 rings (SSSR count). The summed E-state index contributed by atoms with van der Waals surface area (Å²) in [5.74, 6) is 3.02. The van der Waals surface area contributed by atoms with Crippen molar-refractivity contribution in [3.05, 3.63) is 59.7 Å². The third-order valence-corrected chi connectivity index (χ3v) is 5.23. The number of ether oxygens (including phenoxy) is 1. The van der Waals surface area contributed by atoms with Crippen LogP contribution >= 0.6 is 0 Å². The fourth-order valence-corrected chi connectivity index (χ4v) is 3.65. The van der Waals surface area contributed by atoms with Gasteiger partial charge in [0.1, 0.15) is 18.7 Å². The third kappa shape index (κ3) is 5.07. The molecule has 0 aromatic heterocycles. The first-order chi connectivity index (χ1) is 15.5. The predicted molar refractivity (Wildman–Crippen MR) is 117 cm³/mol. The Labute approximate surface area is 185 Å². The molecule has 166 valence electrons. The van der Waals surface area contributed by atoms with Crippen LogP contribution in [0.3, 0.4) is 0 Å². The molecule has 32 heavy (non-hydrogen) atoms. The largest absolute Gasteiger partial charge is 0.480 e. The van der Waals surface area contributed by atoms with Gasteiger partial charge in [0.05, 0.1) is 6.61 Å². The van der Waals surface area contributed by atoms with E-state index in [2.05, 4.69) is 22.5 Å². The van der Waals surface area contributed by atoms with Gasteiger partial charge in [0.25, 0.3) is 0 Å². The van der Waals surface area contributed by atoms with Crippen LogP contribution < -0.4 is 10.6 Å². The number of rotatable bonds is 8. The lowest BCUT2D eigenvalue weighted by Gasteiger charge is -2.20. The quantitative estimate of drug-likeness (QED) is 0.468. The first kappa shape index (κ1) is 22.8. The highest BCUT2D eigenvalue weighted by Gasteiger charge is 2.30. The molecule has 8 nitrogen and oxygen atoms in total. The Kier molecular flexibility index (Phi) is 7.47. The summed E-state index contributed by atoms with van der Waals surface area (Å²) >= 11 is 0. The van der Waals surface area contributed by atoms with E-state index in [4.69, 9.17) is 14.9 Å². The highest BCUT2D eigenvalue weighted by Crippen LogP contribution is 2.44. The van der Waals surface area contributed by atoms with E-state index in [9.17, 15) is 14.4 Å². The number of hydrogen-bond donors (Lipinski definition) is 4. The summed E-state index contributed by atoms with van der Waals surface area (Å²) in [6.45, 7) is 0.871.